The summed E-state index contributed by atoms with van der Waals surface area (Å²) < 4.78 is 0. The lowest BCUT2D eigenvalue weighted by Crippen LogP contribution is -2.28. The fourth-order valence-electron chi connectivity index (χ4n) is 3.35. The van der Waals surface area contributed by atoms with E-state index in [2.05, 4.69) is 69.4 Å². The molecule has 0 saturated carbocycles. The average molecular weight is 384 g/mol. The zero-order valence-corrected chi connectivity index (χ0v) is 17.6. The van der Waals surface area contributed by atoms with E-state index in [1.54, 1.807) is 6.08 Å². The Bertz CT molecular complexity index is 979. The number of amides is 1. The van der Waals surface area contributed by atoms with Crippen molar-refractivity contribution in [2.75, 3.05) is 0 Å². The molecule has 1 unspecified atom stereocenters. The van der Waals surface area contributed by atoms with Crippen molar-refractivity contribution in [3.8, 4) is 0 Å². The molecule has 148 valence electrons. The highest BCUT2D eigenvalue weighted by molar-refractivity contribution is 5.92. The lowest BCUT2D eigenvalue weighted by molar-refractivity contribution is -0.116. The van der Waals surface area contributed by atoms with Gasteiger partial charge >= 0.3 is 0 Å². The van der Waals surface area contributed by atoms with Crippen LogP contribution in [0.1, 0.15) is 54.6 Å². The summed E-state index contributed by atoms with van der Waals surface area (Å²) in [5.74, 6) is -0.109. The molecule has 0 saturated heterocycles. The van der Waals surface area contributed by atoms with Gasteiger partial charge in [-0.3, -0.25) is 4.79 Å². The van der Waals surface area contributed by atoms with Gasteiger partial charge in [0, 0.05) is 6.08 Å². The van der Waals surface area contributed by atoms with Crippen LogP contribution < -0.4 is 5.32 Å². The number of nitrogens with one attached hydrogen (secondary N) is 1. The minimum atomic E-state index is -0.183. The number of carbonyl (C=O) groups excluding carboxylic acids is 1. The van der Waals surface area contributed by atoms with E-state index in [1.807, 2.05) is 48.5 Å². The van der Waals surface area contributed by atoms with E-state index in [1.165, 1.54) is 5.56 Å². The van der Waals surface area contributed by atoms with Crippen LogP contribution in [0.4, 0.5) is 0 Å². The van der Waals surface area contributed by atoms with Crippen molar-refractivity contribution >= 4 is 12.0 Å². The first-order valence-electron chi connectivity index (χ1n) is 10.0. The van der Waals surface area contributed by atoms with Crippen molar-refractivity contribution in [3.05, 3.63) is 113 Å². The first kappa shape index (κ1) is 20.6. The monoisotopic (exact) mass is 383 g/mol. The second kappa shape index (κ2) is 8.91. The van der Waals surface area contributed by atoms with E-state index in [9.17, 15) is 4.79 Å². The number of benzene rings is 3. The van der Waals surface area contributed by atoms with Crippen molar-refractivity contribution in [3.63, 3.8) is 0 Å². The van der Waals surface area contributed by atoms with E-state index in [4.69, 9.17) is 0 Å². The van der Waals surface area contributed by atoms with Crippen molar-refractivity contribution in [2.45, 2.75) is 39.2 Å². The zero-order chi connectivity index (χ0) is 20.9. The summed E-state index contributed by atoms with van der Waals surface area (Å²) in [5, 5.41) is 3.17. The Morgan fingerprint density at radius 1 is 0.862 bits per heavy atom. The SMILES string of the molecule is Cc1ccccc1C(NC(=O)/C=C/c1ccc(C(C)(C)C)cc1)c1ccccc1. The first-order chi connectivity index (χ1) is 13.8. The zero-order valence-electron chi connectivity index (χ0n) is 17.6. The third-order valence-electron chi connectivity index (χ3n) is 5.12. The Hall–Kier alpha value is -3.13. The van der Waals surface area contributed by atoms with Gasteiger partial charge in [0.15, 0.2) is 0 Å². The Morgan fingerprint density at radius 2 is 1.48 bits per heavy atom. The molecule has 3 aromatic carbocycles. The topological polar surface area (TPSA) is 29.1 Å². The van der Waals surface area contributed by atoms with Crippen LogP contribution >= 0.6 is 0 Å². The van der Waals surface area contributed by atoms with Crippen LogP contribution in [0, 0.1) is 6.92 Å². The van der Waals surface area contributed by atoms with Crippen molar-refractivity contribution < 1.29 is 4.79 Å². The molecule has 0 fully saturated rings. The molecular formula is C27H29NO. The van der Waals surface area contributed by atoms with Gasteiger partial charge < -0.3 is 5.32 Å². The smallest absolute Gasteiger partial charge is 0.244 e. The van der Waals surface area contributed by atoms with Gasteiger partial charge in [0.1, 0.15) is 0 Å². The molecule has 0 radical (unpaired) electrons. The molecule has 29 heavy (non-hydrogen) atoms. The molecule has 1 amide bonds. The van der Waals surface area contributed by atoms with Gasteiger partial charge in [-0.25, -0.2) is 0 Å². The maximum absolute atomic E-state index is 12.7. The summed E-state index contributed by atoms with van der Waals surface area (Å²) in [7, 11) is 0. The minimum Gasteiger partial charge on any atom is -0.342 e. The summed E-state index contributed by atoms with van der Waals surface area (Å²) in [5.41, 5.74) is 5.75. The summed E-state index contributed by atoms with van der Waals surface area (Å²) in [6.07, 6.45) is 3.47. The van der Waals surface area contributed by atoms with Gasteiger partial charge in [0.05, 0.1) is 6.04 Å². The predicted molar refractivity (Wildman–Crippen MR) is 122 cm³/mol. The van der Waals surface area contributed by atoms with E-state index in [0.717, 1.165) is 22.3 Å². The Morgan fingerprint density at radius 3 is 2.10 bits per heavy atom. The van der Waals surface area contributed by atoms with Gasteiger partial charge in [-0.1, -0.05) is 99.6 Å². The molecule has 2 nitrogen and oxygen atoms in total. The lowest BCUT2D eigenvalue weighted by atomic mass is 9.87. The molecule has 1 N–H and O–H groups in total. The van der Waals surface area contributed by atoms with Gasteiger partial charge in [-0.2, -0.15) is 0 Å². The molecule has 0 bridgehead atoms. The van der Waals surface area contributed by atoms with E-state index < -0.39 is 0 Å². The lowest BCUT2D eigenvalue weighted by Gasteiger charge is -2.21. The molecule has 3 aromatic rings. The molecule has 0 aliphatic heterocycles. The summed E-state index contributed by atoms with van der Waals surface area (Å²) >= 11 is 0. The largest absolute Gasteiger partial charge is 0.342 e. The summed E-state index contributed by atoms with van der Waals surface area (Å²) in [4.78, 5) is 12.7. The van der Waals surface area contributed by atoms with Crippen molar-refractivity contribution in [1.82, 2.24) is 5.32 Å². The Balaban J connectivity index is 1.78. The van der Waals surface area contributed by atoms with Gasteiger partial charge in [0.25, 0.3) is 0 Å². The minimum absolute atomic E-state index is 0.109. The normalized spacial score (nSPS) is 12.7. The van der Waals surface area contributed by atoms with E-state index in [0.29, 0.717) is 0 Å². The van der Waals surface area contributed by atoms with Crippen LogP contribution in [-0.4, -0.2) is 5.91 Å². The van der Waals surface area contributed by atoms with Crippen LogP contribution in [-0.2, 0) is 10.2 Å². The van der Waals surface area contributed by atoms with Crippen LogP contribution in [0.2, 0.25) is 0 Å². The fraction of sp³-hybridized carbons (Fsp3) is 0.222. The molecule has 0 aromatic heterocycles. The summed E-state index contributed by atoms with van der Waals surface area (Å²) in [6, 6.07) is 26.4. The molecular weight excluding hydrogens is 354 g/mol. The Kier molecular flexibility index (Phi) is 6.33. The number of carbonyl (C=O) groups is 1. The second-order valence-corrected chi connectivity index (χ2v) is 8.41. The van der Waals surface area contributed by atoms with Gasteiger partial charge in [-0.15, -0.1) is 0 Å². The van der Waals surface area contributed by atoms with Crippen LogP contribution in [0.15, 0.2) is 84.9 Å². The number of hydrogen-bond donors (Lipinski definition) is 1. The summed E-state index contributed by atoms with van der Waals surface area (Å²) in [6.45, 7) is 8.66. The van der Waals surface area contributed by atoms with Gasteiger partial charge in [-0.05, 0) is 46.2 Å². The van der Waals surface area contributed by atoms with E-state index in [-0.39, 0.29) is 17.4 Å². The molecule has 1 atom stereocenters. The van der Waals surface area contributed by atoms with Crippen LogP contribution in [0.25, 0.3) is 6.08 Å². The quantitative estimate of drug-likeness (QED) is 0.521. The molecule has 2 heteroatoms. The third-order valence-corrected chi connectivity index (χ3v) is 5.12. The molecule has 0 aliphatic carbocycles. The van der Waals surface area contributed by atoms with Crippen LogP contribution in [0.5, 0.6) is 0 Å². The van der Waals surface area contributed by atoms with Crippen LogP contribution in [0.3, 0.4) is 0 Å². The highest BCUT2D eigenvalue weighted by Crippen LogP contribution is 2.25. The number of aryl methyl sites for hydroxylation is 1. The fourth-order valence-corrected chi connectivity index (χ4v) is 3.35. The molecule has 0 aliphatic rings. The average Bonchev–Trinajstić information content (AvgIpc) is 2.71. The van der Waals surface area contributed by atoms with Crippen molar-refractivity contribution in [1.29, 1.82) is 0 Å². The standard InChI is InChI=1S/C27H29NO/c1-20-10-8-9-13-24(20)26(22-11-6-5-7-12-22)28-25(29)19-16-21-14-17-23(18-15-21)27(2,3)4/h5-19,26H,1-4H3,(H,28,29)/b19-16+. The molecule has 3 rings (SSSR count). The second-order valence-electron chi connectivity index (χ2n) is 8.41. The van der Waals surface area contributed by atoms with Crippen molar-refractivity contribution in [2.24, 2.45) is 0 Å². The first-order valence-corrected chi connectivity index (χ1v) is 10.0. The Labute approximate surface area is 174 Å². The number of rotatable bonds is 5. The molecule has 0 heterocycles. The maximum Gasteiger partial charge on any atom is 0.244 e. The van der Waals surface area contributed by atoms with E-state index >= 15 is 0 Å². The van der Waals surface area contributed by atoms with Gasteiger partial charge in [0.2, 0.25) is 5.91 Å². The highest BCUT2D eigenvalue weighted by Gasteiger charge is 2.17. The third kappa shape index (κ3) is 5.45. The highest BCUT2D eigenvalue weighted by atomic mass is 16.1. The maximum atomic E-state index is 12.7. The predicted octanol–water partition coefficient (Wildman–Crippen LogP) is 6.21. The number of hydrogen-bond acceptors (Lipinski definition) is 1. The molecule has 0 spiro atoms.